The highest BCUT2D eigenvalue weighted by molar-refractivity contribution is 8.01. The van der Waals surface area contributed by atoms with Gasteiger partial charge in [-0.3, -0.25) is 4.79 Å². The predicted octanol–water partition coefficient (Wildman–Crippen LogP) is 5.37. The molecule has 2 heterocycles. The highest BCUT2D eigenvalue weighted by Gasteiger charge is 2.16. The maximum atomic E-state index is 12.6. The largest absolute Gasteiger partial charge is 0.321 e. The van der Waals surface area contributed by atoms with E-state index in [0.29, 0.717) is 5.56 Å². The fraction of sp³-hybridized carbons (Fsp3) is 0.100. The number of pyridine rings is 1. The van der Waals surface area contributed by atoms with Crippen LogP contribution in [0.25, 0.3) is 22.2 Å². The summed E-state index contributed by atoms with van der Waals surface area (Å²) in [6.45, 7) is 2.10. The molecule has 0 spiro atoms. The van der Waals surface area contributed by atoms with Gasteiger partial charge in [0.15, 0.2) is 4.34 Å². The Bertz CT molecular complexity index is 1080. The van der Waals surface area contributed by atoms with Crippen molar-refractivity contribution in [3.8, 4) is 11.3 Å². The molecule has 4 aromatic rings. The van der Waals surface area contributed by atoms with E-state index in [9.17, 15) is 4.79 Å². The van der Waals surface area contributed by atoms with Crippen LogP contribution in [0.15, 0.2) is 74.7 Å². The highest BCUT2D eigenvalue weighted by atomic mass is 32.2. The molecule has 5 heteroatoms. The van der Waals surface area contributed by atoms with Crippen molar-refractivity contribution >= 4 is 34.0 Å². The zero-order valence-corrected chi connectivity index (χ0v) is 15.3. The summed E-state index contributed by atoms with van der Waals surface area (Å²) in [5.74, 6) is 0. The predicted molar refractivity (Wildman–Crippen MR) is 106 cm³/mol. The topological polar surface area (TPSA) is 45.8 Å². The molecule has 124 valence electrons. The summed E-state index contributed by atoms with van der Waals surface area (Å²) in [6, 6.07) is 19.9. The molecule has 25 heavy (non-hydrogen) atoms. The third-order valence-electron chi connectivity index (χ3n) is 3.96. The Morgan fingerprint density at radius 1 is 1.08 bits per heavy atom. The lowest BCUT2D eigenvalue weighted by Crippen LogP contribution is -2.09. The lowest BCUT2D eigenvalue weighted by molar-refractivity contribution is 1.15. The van der Waals surface area contributed by atoms with Crippen LogP contribution in [0.2, 0.25) is 0 Å². The van der Waals surface area contributed by atoms with E-state index in [4.69, 9.17) is 4.98 Å². The van der Waals surface area contributed by atoms with E-state index in [1.807, 2.05) is 48.5 Å². The van der Waals surface area contributed by atoms with Crippen LogP contribution in [0.5, 0.6) is 0 Å². The molecule has 0 atom stereocenters. The van der Waals surface area contributed by atoms with Crippen molar-refractivity contribution in [3.05, 3.63) is 75.9 Å². The van der Waals surface area contributed by atoms with Gasteiger partial charge in [0.25, 0.3) is 5.56 Å². The molecular weight excluding hydrogens is 348 g/mol. The Morgan fingerprint density at radius 3 is 2.64 bits per heavy atom. The number of nitrogens with zero attached hydrogens (tertiary/aromatic N) is 1. The molecule has 0 aliphatic rings. The van der Waals surface area contributed by atoms with Gasteiger partial charge in [0.05, 0.1) is 11.3 Å². The molecule has 3 nitrogen and oxygen atoms in total. The van der Waals surface area contributed by atoms with Crippen LogP contribution in [0, 0.1) is 0 Å². The fourth-order valence-electron chi connectivity index (χ4n) is 2.74. The molecule has 0 saturated heterocycles. The van der Waals surface area contributed by atoms with Crippen LogP contribution in [-0.4, -0.2) is 9.97 Å². The van der Waals surface area contributed by atoms with Gasteiger partial charge in [-0.1, -0.05) is 55.1 Å². The zero-order valence-electron chi connectivity index (χ0n) is 13.7. The number of fused-ring (bicyclic) bond motifs is 1. The molecule has 0 fully saturated rings. The van der Waals surface area contributed by atoms with Gasteiger partial charge in [-0.25, -0.2) is 4.98 Å². The van der Waals surface area contributed by atoms with E-state index in [-0.39, 0.29) is 5.56 Å². The van der Waals surface area contributed by atoms with Crippen LogP contribution < -0.4 is 5.56 Å². The average molecular weight is 364 g/mol. The fourth-order valence-corrected chi connectivity index (χ4v) is 4.87. The second-order valence-corrected chi connectivity index (χ2v) is 8.02. The number of aromatic nitrogens is 2. The smallest absolute Gasteiger partial charge is 0.257 e. The first-order chi connectivity index (χ1) is 12.2. The summed E-state index contributed by atoms with van der Waals surface area (Å²) in [5, 5.41) is 1.02. The van der Waals surface area contributed by atoms with Crippen LogP contribution >= 0.6 is 23.1 Å². The van der Waals surface area contributed by atoms with Crippen LogP contribution in [-0.2, 0) is 6.42 Å². The minimum atomic E-state index is -0.0880. The summed E-state index contributed by atoms with van der Waals surface area (Å²) < 4.78 is 0.964. The normalized spacial score (nSPS) is 11.1. The summed E-state index contributed by atoms with van der Waals surface area (Å²) in [7, 11) is 0. The van der Waals surface area contributed by atoms with E-state index >= 15 is 0 Å². The number of aryl methyl sites for hydroxylation is 1. The number of aromatic amines is 1. The van der Waals surface area contributed by atoms with E-state index in [1.54, 1.807) is 23.1 Å². The zero-order chi connectivity index (χ0) is 17.2. The second-order valence-electron chi connectivity index (χ2n) is 5.62. The van der Waals surface area contributed by atoms with E-state index < -0.39 is 0 Å². The number of benzene rings is 2. The molecule has 0 bridgehead atoms. The van der Waals surface area contributed by atoms with Crippen LogP contribution in [0.3, 0.4) is 0 Å². The first-order valence-corrected chi connectivity index (χ1v) is 9.73. The molecule has 0 amide bonds. The minimum Gasteiger partial charge on any atom is -0.321 e. The summed E-state index contributed by atoms with van der Waals surface area (Å²) in [4.78, 5) is 22.6. The second kappa shape index (κ2) is 6.86. The third kappa shape index (κ3) is 3.25. The number of H-pyrrole nitrogens is 1. The van der Waals surface area contributed by atoms with Gasteiger partial charge >= 0.3 is 0 Å². The minimum absolute atomic E-state index is 0.0880. The molecule has 2 aromatic heterocycles. The quantitative estimate of drug-likeness (QED) is 0.530. The van der Waals surface area contributed by atoms with Crippen LogP contribution in [0.4, 0.5) is 0 Å². The Balaban J connectivity index is 1.80. The lowest BCUT2D eigenvalue weighted by atomic mass is 10.1. The van der Waals surface area contributed by atoms with Crippen molar-refractivity contribution in [1.29, 1.82) is 0 Å². The molecule has 0 aliphatic heterocycles. The lowest BCUT2D eigenvalue weighted by Gasteiger charge is -2.02. The van der Waals surface area contributed by atoms with Gasteiger partial charge in [0.1, 0.15) is 0 Å². The van der Waals surface area contributed by atoms with Crippen molar-refractivity contribution < 1.29 is 0 Å². The number of hydrogen-bond donors (Lipinski definition) is 1. The summed E-state index contributed by atoms with van der Waals surface area (Å²) in [5.41, 5.74) is 2.21. The maximum absolute atomic E-state index is 12.6. The molecule has 0 unspecified atom stereocenters. The molecular formula is C20H16N2OS2. The van der Waals surface area contributed by atoms with Gasteiger partial charge in [-0.05, 0) is 36.1 Å². The van der Waals surface area contributed by atoms with E-state index in [1.165, 1.54) is 0 Å². The monoisotopic (exact) mass is 364 g/mol. The first-order valence-electron chi connectivity index (χ1n) is 8.09. The van der Waals surface area contributed by atoms with E-state index in [0.717, 1.165) is 37.1 Å². The number of rotatable bonds is 4. The molecule has 0 aliphatic carbocycles. The Morgan fingerprint density at radius 2 is 1.84 bits per heavy atom. The van der Waals surface area contributed by atoms with E-state index in [2.05, 4.69) is 24.0 Å². The third-order valence-corrected chi connectivity index (χ3v) is 6.22. The van der Waals surface area contributed by atoms with Crippen molar-refractivity contribution in [2.24, 2.45) is 0 Å². The van der Waals surface area contributed by atoms with Crippen LogP contribution in [0.1, 0.15) is 11.8 Å². The molecule has 4 rings (SSSR count). The number of para-hydroxylation sites is 1. The first kappa shape index (κ1) is 16.1. The van der Waals surface area contributed by atoms with Gasteiger partial charge < -0.3 is 4.98 Å². The number of thiazole rings is 1. The standard InChI is InChI=1S/C20H16N2OS2/c1-2-17-18(22-20(25-17)24-14-9-4-3-5-10-14)15-12-13-8-6-7-11-16(13)21-19(15)23/h3-12H,2H2,1H3,(H,21,23). The Labute approximate surface area is 153 Å². The molecule has 1 N–H and O–H groups in total. The molecule has 0 saturated carbocycles. The number of nitrogens with one attached hydrogen (secondary N) is 1. The summed E-state index contributed by atoms with van der Waals surface area (Å²) in [6.07, 6.45) is 0.856. The Kier molecular flexibility index (Phi) is 4.42. The number of hydrogen-bond acceptors (Lipinski definition) is 4. The van der Waals surface area contributed by atoms with Crippen molar-refractivity contribution in [2.75, 3.05) is 0 Å². The van der Waals surface area contributed by atoms with Crippen molar-refractivity contribution in [3.63, 3.8) is 0 Å². The van der Waals surface area contributed by atoms with Gasteiger partial charge in [0.2, 0.25) is 0 Å². The molecule has 2 aromatic carbocycles. The highest BCUT2D eigenvalue weighted by Crippen LogP contribution is 2.36. The maximum Gasteiger partial charge on any atom is 0.257 e. The van der Waals surface area contributed by atoms with Crippen molar-refractivity contribution in [2.45, 2.75) is 22.6 Å². The van der Waals surface area contributed by atoms with Crippen molar-refractivity contribution in [1.82, 2.24) is 9.97 Å². The average Bonchev–Trinajstić information content (AvgIpc) is 3.04. The van der Waals surface area contributed by atoms with Gasteiger partial charge in [0, 0.05) is 15.3 Å². The molecule has 0 radical (unpaired) electrons. The van der Waals surface area contributed by atoms with Gasteiger partial charge in [-0.15, -0.1) is 11.3 Å². The Hall–Kier alpha value is -2.37. The summed E-state index contributed by atoms with van der Waals surface area (Å²) >= 11 is 3.30. The van der Waals surface area contributed by atoms with Gasteiger partial charge in [-0.2, -0.15) is 0 Å². The SMILES string of the molecule is CCc1sc(Sc2ccccc2)nc1-c1cc2ccccc2[nH]c1=O.